The van der Waals surface area contributed by atoms with E-state index in [1.54, 1.807) is 0 Å². The van der Waals surface area contributed by atoms with E-state index in [9.17, 15) is 0 Å². The van der Waals surface area contributed by atoms with Crippen molar-refractivity contribution in [3.05, 3.63) is 0 Å². The van der Waals surface area contributed by atoms with Crippen LogP contribution in [0.2, 0.25) is 0 Å². The van der Waals surface area contributed by atoms with Gasteiger partial charge in [-0.3, -0.25) is 0 Å². The molecule has 0 aromatic rings. The molecular formula is C13H28N4. The third-order valence-corrected chi connectivity index (χ3v) is 3.16. The van der Waals surface area contributed by atoms with Crippen molar-refractivity contribution >= 4 is 0 Å². The average molecular weight is 240 g/mol. The van der Waals surface area contributed by atoms with Crippen molar-refractivity contribution in [1.82, 2.24) is 15.1 Å². The summed E-state index contributed by atoms with van der Waals surface area (Å²) in [5, 5.41) is 12.1. The molecule has 1 N–H and O–H groups in total. The van der Waals surface area contributed by atoms with Gasteiger partial charge in [0.2, 0.25) is 0 Å². The van der Waals surface area contributed by atoms with Crippen molar-refractivity contribution in [2.24, 2.45) is 0 Å². The summed E-state index contributed by atoms with van der Waals surface area (Å²) < 4.78 is 0. The first-order chi connectivity index (χ1) is 7.93. The van der Waals surface area contributed by atoms with Gasteiger partial charge < -0.3 is 15.1 Å². The maximum atomic E-state index is 9.02. The Bertz CT molecular complexity index is 234. The molecule has 0 aliphatic heterocycles. The summed E-state index contributed by atoms with van der Waals surface area (Å²) in [6.07, 6.45) is 3.16. The van der Waals surface area contributed by atoms with Crippen molar-refractivity contribution in [1.29, 1.82) is 5.26 Å². The van der Waals surface area contributed by atoms with Gasteiger partial charge in [-0.25, -0.2) is 0 Å². The van der Waals surface area contributed by atoms with Crippen LogP contribution in [-0.2, 0) is 0 Å². The van der Waals surface area contributed by atoms with Crippen LogP contribution in [0.3, 0.4) is 0 Å². The minimum Gasteiger partial charge on any atom is -0.309 e. The van der Waals surface area contributed by atoms with E-state index in [0.717, 1.165) is 32.5 Å². The largest absolute Gasteiger partial charge is 0.309 e. The molecular weight excluding hydrogens is 212 g/mol. The van der Waals surface area contributed by atoms with Gasteiger partial charge in [-0.15, -0.1) is 0 Å². The number of nitriles is 1. The molecule has 0 amide bonds. The van der Waals surface area contributed by atoms with Crippen LogP contribution in [0.5, 0.6) is 0 Å². The molecule has 1 unspecified atom stereocenters. The highest BCUT2D eigenvalue weighted by Gasteiger charge is 2.20. The van der Waals surface area contributed by atoms with Crippen LogP contribution >= 0.6 is 0 Å². The normalized spacial score (nSPS) is 14.9. The van der Waals surface area contributed by atoms with Crippen molar-refractivity contribution < 1.29 is 0 Å². The van der Waals surface area contributed by atoms with Crippen molar-refractivity contribution in [2.75, 3.05) is 47.8 Å². The molecule has 0 aliphatic carbocycles. The average Bonchev–Trinajstić information content (AvgIpc) is 2.28. The first-order valence-electron chi connectivity index (χ1n) is 6.37. The fourth-order valence-corrected chi connectivity index (χ4v) is 1.71. The molecule has 0 spiro atoms. The Morgan fingerprint density at radius 2 is 1.71 bits per heavy atom. The molecule has 1 atom stereocenters. The lowest BCUT2D eigenvalue weighted by molar-refractivity contribution is 0.285. The molecule has 100 valence electrons. The van der Waals surface area contributed by atoms with E-state index in [1.807, 2.05) is 14.0 Å². The molecule has 0 fully saturated rings. The molecule has 0 rings (SSSR count). The van der Waals surface area contributed by atoms with Crippen molar-refractivity contribution in [2.45, 2.75) is 31.7 Å². The lowest BCUT2D eigenvalue weighted by Crippen LogP contribution is -2.38. The molecule has 0 saturated carbocycles. The summed E-state index contributed by atoms with van der Waals surface area (Å²) in [6, 6.07) is 2.32. The molecule has 0 saturated heterocycles. The Hall–Kier alpha value is -0.630. The number of rotatable bonds is 9. The number of hydrogen-bond acceptors (Lipinski definition) is 4. The van der Waals surface area contributed by atoms with Gasteiger partial charge in [0.25, 0.3) is 0 Å². The second-order valence-electron chi connectivity index (χ2n) is 5.26. The van der Waals surface area contributed by atoms with E-state index in [1.165, 1.54) is 6.42 Å². The maximum absolute atomic E-state index is 9.02. The molecule has 4 nitrogen and oxygen atoms in total. The predicted molar refractivity (Wildman–Crippen MR) is 73.0 cm³/mol. The summed E-state index contributed by atoms with van der Waals surface area (Å²) in [4.78, 5) is 4.55. The van der Waals surface area contributed by atoms with Gasteiger partial charge in [-0.1, -0.05) is 0 Å². The van der Waals surface area contributed by atoms with Crippen LogP contribution in [0.15, 0.2) is 0 Å². The zero-order valence-electron chi connectivity index (χ0n) is 12.1. The lowest BCUT2D eigenvalue weighted by Gasteiger charge is -2.23. The van der Waals surface area contributed by atoms with Gasteiger partial charge in [-0.05, 0) is 74.0 Å². The fraction of sp³-hybridized carbons (Fsp3) is 0.923. The predicted octanol–water partition coefficient (Wildman–Crippen LogP) is 1.15. The van der Waals surface area contributed by atoms with E-state index in [4.69, 9.17) is 5.26 Å². The SMILES string of the molecule is CNC(C)(C#N)CCCN(C)CCCN(C)C. The van der Waals surface area contributed by atoms with E-state index in [0.29, 0.717) is 0 Å². The summed E-state index contributed by atoms with van der Waals surface area (Å²) in [6.45, 7) is 5.28. The molecule has 17 heavy (non-hydrogen) atoms. The zero-order valence-corrected chi connectivity index (χ0v) is 12.1. The van der Waals surface area contributed by atoms with E-state index in [-0.39, 0.29) is 5.54 Å². The number of nitrogens with zero attached hydrogens (tertiary/aromatic N) is 3. The van der Waals surface area contributed by atoms with Crippen LogP contribution in [0.4, 0.5) is 0 Å². The van der Waals surface area contributed by atoms with Crippen LogP contribution in [-0.4, -0.2) is 63.2 Å². The van der Waals surface area contributed by atoms with E-state index < -0.39 is 0 Å². The monoisotopic (exact) mass is 240 g/mol. The highest BCUT2D eigenvalue weighted by molar-refractivity contribution is 5.02. The van der Waals surface area contributed by atoms with E-state index >= 15 is 0 Å². The van der Waals surface area contributed by atoms with Crippen molar-refractivity contribution in [3.8, 4) is 6.07 Å². The number of hydrogen-bond donors (Lipinski definition) is 1. The summed E-state index contributed by atoms with van der Waals surface area (Å²) in [5.41, 5.74) is -0.371. The summed E-state index contributed by atoms with van der Waals surface area (Å²) in [7, 11) is 8.21. The van der Waals surface area contributed by atoms with Gasteiger partial charge >= 0.3 is 0 Å². The standard InChI is InChI=1S/C13H28N4/c1-13(12-14,15-2)8-6-10-17(5)11-7-9-16(3)4/h15H,6-11H2,1-5H3. The summed E-state index contributed by atoms with van der Waals surface area (Å²) >= 11 is 0. The topological polar surface area (TPSA) is 42.3 Å². The third-order valence-electron chi connectivity index (χ3n) is 3.16. The van der Waals surface area contributed by atoms with Crippen LogP contribution in [0.25, 0.3) is 0 Å². The van der Waals surface area contributed by atoms with Gasteiger partial charge in [-0.2, -0.15) is 5.26 Å². The minimum absolute atomic E-state index is 0.371. The molecule has 0 heterocycles. The van der Waals surface area contributed by atoms with E-state index in [2.05, 4.69) is 42.3 Å². The van der Waals surface area contributed by atoms with Gasteiger partial charge in [0.05, 0.1) is 6.07 Å². The minimum atomic E-state index is -0.371. The molecule has 0 bridgehead atoms. The first-order valence-corrected chi connectivity index (χ1v) is 6.37. The van der Waals surface area contributed by atoms with Gasteiger partial charge in [0.1, 0.15) is 5.54 Å². The lowest BCUT2D eigenvalue weighted by atomic mass is 9.98. The zero-order chi connectivity index (χ0) is 13.3. The molecule has 0 radical (unpaired) electrons. The molecule has 0 aromatic heterocycles. The fourth-order valence-electron chi connectivity index (χ4n) is 1.71. The highest BCUT2D eigenvalue weighted by atomic mass is 15.1. The molecule has 0 aliphatic rings. The van der Waals surface area contributed by atoms with Gasteiger partial charge in [0, 0.05) is 0 Å². The highest BCUT2D eigenvalue weighted by Crippen LogP contribution is 2.10. The molecule has 4 heteroatoms. The van der Waals surface area contributed by atoms with Crippen molar-refractivity contribution in [3.63, 3.8) is 0 Å². The Labute approximate surface area is 107 Å². The van der Waals surface area contributed by atoms with Crippen LogP contribution in [0, 0.1) is 11.3 Å². The van der Waals surface area contributed by atoms with Crippen LogP contribution < -0.4 is 5.32 Å². The molecule has 0 aromatic carbocycles. The second-order valence-corrected chi connectivity index (χ2v) is 5.26. The third kappa shape index (κ3) is 8.14. The Kier molecular flexibility index (Phi) is 8.15. The Morgan fingerprint density at radius 3 is 2.18 bits per heavy atom. The van der Waals surface area contributed by atoms with Crippen LogP contribution in [0.1, 0.15) is 26.2 Å². The quantitative estimate of drug-likeness (QED) is 0.656. The number of nitrogens with one attached hydrogen (secondary N) is 1. The van der Waals surface area contributed by atoms with Gasteiger partial charge in [0.15, 0.2) is 0 Å². The second kappa shape index (κ2) is 8.46. The first kappa shape index (κ1) is 16.4. The Balaban J connectivity index is 3.64. The summed E-state index contributed by atoms with van der Waals surface area (Å²) in [5.74, 6) is 0. The maximum Gasteiger partial charge on any atom is 0.103 e. The Morgan fingerprint density at radius 1 is 1.12 bits per heavy atom. The smallest absolute Gasteiger partial charge is 0.103 e.